The van der Waals surface area contributed by atoms with Crippen LogP contribution < -0.4 is 0 Å². The highest BCUT2D eigenvalue weighted by Gasteiger charge is 2.22. The van der Waals surface area contributed by atoms with Crippen LogP contribution in [0.2, 0.25) is 0 Å². The number of rotatable bonds is 3. The molecule has 110 valence electrons. The number of phenols is 1. The Kier molecular flexibility index (Phi) is 3.88. The molecule has 3 aromatic rings. The molecule has 0 fully saturated rings. The second-order valence-corrected chi connectivity index (χ2v) is 5.08. The molecule has 0 amide bonds. The summed E-state index contributed by atoms with van der Waals surface area (Å²) in [6, 6.07) is 20.7. The molecule has 0 atom stereocenters. The van der Waals surface area contributed by atoms with Gasteiger partial charge in [-0.05, 0) is 17.2 Å². The Balaban J connectivity index is 2.21. The molecule has 3 heteroatoms. The van der Waals surface area contributed by atoms with Crippen LogP contribution in [-0.4, -0.2) is 5.11 Å². The molecule has 1 nitrogen and oxygen atoms in total. The van der Waals surface area contributed by atoms with Gasteiger partial charge in [0.15, 0.2) is 11.6 Å². The van der Waals surface area contributed by atoms with Crippen LogP contribution in [0.15, 0.2) is 72.8 Å². The molecular weight excluding hydrogens is 282 g/mol. The minimum absolute atomic E-state index is 0.247. The molecule has 0 saturated carbocycles. The van der Waals surface area contributed by atoms with Gasteiger partial charge in [0.1, 0.15) is 5.82 Å². The first-order valence-corrected chi connectivity index (χ1v) is 6.94. The van der Waals surface area contributed by atoms with E-state index >= 15 is 0 Å². The minimum atomic E-state index is -0.957. The van der Waals surface area contributed by atoms with Crippen molar-refractivity contribution < 1.29 is 13.9 Å². The normalized spacial score (nSPS) is 10.9. The molecule has 3 aromatic carbocycles. The van der Waals surface area contributed by atoms with Gasteiger partial charge < -0.3 is 5.11 Å². The summed E-state index contributed by atoms with van der Waals surface area (Å²) < 4.78 is 27.6. The molecule has 0 radical (unpaired) electrons. The van der Waals surface area contributed by atoms with E-state index in [1.165, 1.54) is 0 Å². The van der Waals surface area contributed by atoms with E-state index in [0.29, 0.717) is 0 Å². The van der Waals surface area contributed by atoms with E-state index in [2.05, 4.69) is 0 Å². The molecule has 0 saturated heterocycles. The van der Waals surface area contributed by atoms with Crippen LogP contribution in [0.3, 0.4) is 0 Å². The molecule has 0 bridgehead atoms. The highest BCUT2D eigenvalue weighted by atomic mass is 19.1. The molecule has 0 aliphatic carbocycles. The predicted molar refractivity (Wildman–Crippen MR) is 81.9 cm³/mol. The lowest BCUT2D eigenvalue weighted by molar-refractivity contribution is 0.425. The van der Waals surface area contributed by atoms with Gasteiger partial charge in [0.05, 0.1) is 0 Å². The van der Waals surface area contributed by atoms with Crippen LogP contribution >= 0.6 is 0 Å². The number of hydrogen-bond acceptors (Lipinski definition) is 1. The van der Waals surface area contributed by atoms with Gasteiger partial charge in [0.25, 0.3) is 0 Å². The molecule has 0 aliphatic rings. The lowest BCUT2D eigenvalue weighted by Gasteiger charge is -2.19. The Morgan fingerprint density at radius 1 is 0.682 bits per heavy atom. The minimum Gasteiger partial charge on any atom is -0.505 e. The van der Waals surface area contributed by atoms with E-state index in [9.17, 15) is 13.9 Å². The van der Waals surface area contributed by atoms with Crippen LogP contribution in [0, 0.1) is 11.6 Å². The second-order valence-electron chi connectivity index (χ2n) is 5.08. The first-order chi connectivity index (χ1) is 10.7. The summed E-state index contributed by atoms with van der Waals surface area (Å²) in [6.07, 6.45) is 0. The van der Waals surface area contributed by atoms with E-state index in [-0.39, 0.29) is 5.56 Å². The van der Waals surface area contributed by atoms with Crippen LogP contribution in [0.25, 0.3) is 0 Å². The summed E-state index contributed by atoms with van der Waals surface area (Å²) >= 11 is 0. The number of hydrogen-bond donors (Lipinski definition) is 1. The Hall–Kier alpha value is -2.68. The third kappa shape index (κ3) is 2.70. The maximum atomic E-state index is 14.3. The molecular formula is C19H14F2O. The van der Waals surface area contributed by atoms with Crippen LogP contribution in [0.5, 0.6) is 5.75 Å². The fourth-order valence-electron chi connectivity index (χ4n) is 2.62. The second kappa shape index (κ2) is 5.98. The van der Waals surface area contributed by atoms with Crippen molar-refractivity contribution in [3.05, 3.63) is 101 Å². The number of benzene rings is 3. The molecule has 0 unspecified atom stereocenters. The van der Waals surface area contributed by atoms with E-state index < -0.39 is 23.3 Å². The smallest absolute Gasteiger partial charge is 0.167 e. The van der Waals surface area contributed by atoms with Gasteiger partial charge in [-0.1, -0.05) is 60.7 Å². The fraction of sp³-hybridized carbons (Fsp3) is 0.0526. The summed E-state index contributed by atoms with van der Waals surface area (Å²) in [5.41, 5.74) is 1.99. The standard InChI is InChI=1S/C19H14F2O/c20-16-12-17(21)18(22)11-15(16)19(13-7-3-1-4-8-13)14-9-5-2-6-10-14/h1-12,19,22H. The third-order valence-corrected chi connectivity index (χ3v) is 3.64. The highest BCUT2D eigenvalue weighted by molar-refractivity contribution is 5.45. The Bertz CT molecular complexity index is 731. The predicted octanol–water partition coefficient (Wildman–Crippen LogP) is 4.85. The topological polar surface area (TPSA) is 20.2 Å². The van der Waals surface area contributed by atoms with Gasteiger partial charge >= 0.3 is 0 Å². The molecule has 3 rings (SSSR count). The SMILES string of the molecule is Oc1cc(C(c2ccccc2)c2ccccc2)c(F)cc1F. The largest absolute Gasteiger partial charge is 0.505 e. The molecule has 0 spiro atoms. The molecule has 22 heavy (non-hydrogen) atoms. The zero-order chi connectivity index (χ0) is 15.5. The quantitative estimate of drug-likeness (QED) is 0.685. The van der Waals surface area contributed by atoms with Crippen molar-refractivity contribution in [1.29, 1.82) is 0 Å². The van der Waals surface area contributed by atoms with Gasteiger partial charge in [-0.3, -0.25) is 0 Å². The highest BCUT2D eigenvalue weighted by Crippen LogP contribution is 2.35. The summed E-state index contributed by atoms with van der Waals surface area (Å²) in [5, 5.41) is 9.63. The number of aromatic hydroxyl groups is 1. The Morgan fingerprint density at radius 2 is 1.18 bits per heavy atom. The summed E-state index contributed by atoms with van der Waals surface area (Å²) in [5.74, 6) is -2.59. The molecule has 0 aromatic heterocycles. The monoisotopic (exact) mass is 296 g/mol. The Morgan fingerprint density at radius 3 is 1.68 bits per heavy atom. The van der Waals surface area contributed by atoms with E-state index in [1.54, 1.807) is 0 Å². The van der Waals surface area contributed by atoms with Crippen molar-refractivity contribution >= 4 is 0 Å². The van der Waals surface area contributed by atoms with Crippen molar-refractivity contribution in [2.45, 2.75) is 5.92 Å². The number of halogens is 2. The van der Waals surface area contributed by atoms with Crippen molar-refractivity contribution in [3.8, 4) is 5.75 Å². The molecule has 0 heterocycles. The van der Waals surface area contributed by atoms with Gasteiger partial charge in [-0.15, -0.1) is 0 Å². The first-order valence-electron chi connectivity index (χ1n) is 6.94. The molecule has 0 aliphatic heterocycles. The lowest BCUT2D eigenvalue weighted by atomic mass is 9.85. The van der Waals surface area contributed by atoms with Gasteiger partial charge in [-0.25, -0.2) is 8.78 Å². The average molecular weight is 296 g/mol. The van der Waals surface area contributed by atoms with E-state index in [4.69, 9.17) is 0 Å². The molecule has 1 N–H and O–H groups in total. The van der Waals surface area contributed by atoms with Crippen LogP contribution in [0.1, 0.15) is 22.6 Å². The summed E-state index contributed by atoms with van der Waals surface area (Å²) in [6.45, 7) is 0. The first kappa shape index (κ1) is 14.3. The summed E-state index contributed by atoms with van der Waals surface area (Å²) in [4.78, 5) is 0. The maximum absolute atomic E-state index is 14.3. The average Bonchev–Trinajstić information content (AvgIpc) is 2.55. The van der Waals surface area contributed by atoms with Crippen molar-refractivity contribution in [3.63, 3.8) is 0 Å². The zero-order valence-corrected chi connectivity index (χ0v) is 11.7. The van der Waals surface area contributed by atoms with Crippen molar-refractivity contribution in [2.75, 3.05) is 0 Å². The summed E-state index contributed by atoms with van der Waals surface area (Å²) in [7, 11) is 0. The van der Waals surface area contributed by atoms with E-state index in [0.717, 1.165) is 23.3 Å². The Labute approximate surface area is 127 Å². The van der Waals surface area contributed by atoms with Crippen molar-refractivity contribution in [1.82, 2.24) is 0 Å². The van der Waals surface area contributed by atoms with Gasteiger partial charge in [-0.2, -0.15) is 0 Å². The van der Waals surface area contributed by atoms with Gasteiger partial charge in [0.2, 0.25) is 0 Å². The van der Waals surface area contributed by atoms with Crippen LogP contribution in [-0.2, 0) is 0 Å². The number of phenolic OH excluding ortho intramolecular Hbond substituents is 1. The van der Waals surface area contributed by atoms with E-state index in [1.807, 2.05) is 60.7 Å². The van der Waals surface area contributed by atoms with Crippen LogP contribution in [0.4, 0.5) is 8.78 Å². The van der Waals surface area contributed by atoms with Crippen molar-refractivity contribution in [2.24, 2.45) is 0 Å². The fourth-order valence-corrected chi connectivity index (χ4v) is 2.62. The zero-order valence-electron chi connectivity index (χ0n) is 11.7. The lowest BCUT2D eigenvalue weighted by Crippen LogP contribution is -2.06. The third-order valence-electron chi connectivity index (χ3n) is 3.64. The maximum Gasteiger partial charge on any atom is 0.167 e. The van der Waals surface area contributed by atoms with Gasteiger partial charge in [0, 0.05) is 17.5 Å².